The third kappa shape index (κ3) is 4.07. The largest absolute Gasteiger partial charge is 0.373 e. The van der Waals surface area contributed by atoms with Crippen molar-refractivity contribution in [1.29, 1.82) is 0 Å². The first-order valence-corrected chi connectivity index (χ1v) is 7.76. The zero-order valence-corrected chi connectivity index (χ0v) is 12.9. The summed E-state index contributed by atoms with van der Waals surface area (Å²) in [5.74, 6) is 2.73. The summed E-state index contributed by atoms with van der Waals surface area (Å²) in [4.78, 5) is 11.6. The molecule has 5 nitrogen and oxygen atoms in total. The van der Waals surface area contributed by atoms with Gasteiger partial charge >= 0.3 is 0 Å². The Balaban J connectivity index is 1.95. The topological polar surface area (TPSA) is 53.1 Å². The molecule has 2 rings (SSSR count). The molecule has 0 bridgehead atoms. The van der Waals surface area contributed by atoms with E-state index >= 15 is 0 Å². The van der Waals surface area contributed by atoms with Gasteiger partial charge < -0.3 is 10.6 Å². The van der Waals surface area contributed by atoms with E-state index < -0.39 is 0 Å². The van der Waals surface area contributed by atoms with Crippen LogP contribution in [0.5, 0.6) is 0 Å². The van der Waals surface area contributed by atoms with Crippen molar-refractivity contribution in [3.8, 4) is 0 Å². The summed E-state index contributed by atoms with van der Waals surface area (Å²) in [6, 6.07) is 2.54. The molecule has 1 atom stereocenters. The van der Waals surface area contributed by atoms with Crippen LogP contribution in [-0.4, -0.2) is 47.6 Å². The first-order valence-electron chi connectivity index (χ1n) is 7.76. The van der Waals surface area contributed by atoms with Crippen molar-refractivity contribution in [1.82, 2.24) is 14.9 Å². The molecule has 1 aliphatic heterocycles. The molecule has 1 fully saturated rings. The molecule has 20 heavy (non-hydrogen) atoms. The number of nitrogens with zero attached hydrogens (tertiary/aromatic N) is 3. The van der Waals surface area contributed by atoms with Gasteiger partial charge in [-0.05, 0) is 39.3 Å². The summed E-state index contributed by atoms with van der Waals surface area (Å²) in [5.41, 5.74) is 0. The minimum absolute atomic E-state index is 0.556. The fraction of sp³-hybridized carbons (Fsp3) is 0.733. The van der Waals surface area contributed by atoms with Crippen LogP contribution in [0.25, 0.3) is 0 Å². The van der Waals surface area contributed by atoms with E-state index in [9.17, 15) is 0 Å². The van der Waals surface area contributed by atoms with Crippen molar-refractivity contribution >= 4 is 11.6 Å². The molecular weight excluding hydrogens is 250 g/mol. The summed E-state index contributed by atoms with van der Waals surface area (Å²) in [5, 5.41) is 6.57. The number of nitrogens with one attached hydrogen (secondary N) is 2. The zero-order chi connectivity index (χ0) is 14.4. The van der Waals surface area contributed by atoms with Gasteiger partial charge in [0.25, 0.3) is 0 Å². The Morgan fingerprint density at radius 3 is 2.60 bits per heavy atom. The minimum atomic E-state index is 0.556. The molecule has 0 radical (unpaired) electrons. The van der Waals surface area contributed by atoms with E-state index in [4.69, 9.17) is 0 Å². The second kappa shape index (κ2) is 7.43. The highest BCUT2D eigenvalue weighted by atomic mass is 15.2. The van der Waals surface area contributed by atoms with Gasteiger partial charge in [-0.25, -0.2) is 9.97 Å². The predicted molar refractivity (Wildman–Crippen MR) is 84.3 cm³/mol. The van der Waals surface area contributed by atoms with Crippen molar-refractivity contribution < 1.29 is 0 Å². The molecule has 1 saturated heterocycles. The molecule has 1 aliphatic rings. The number of aromatic nitrogens is 2. The van der Waals surface area contributed by atoms with Crippen molar-refractivity contribution in [2.24, 2.45) is 0 Å². The Morgan fingerprint density at radius 1 is 1.25 bits per heavy atom. The Morgan fingerprint density at radius 2 is 1.95 bits per heavy atom. The van der Waals surface area contributed by atoms with Crippen LogP contribution in [0, 0.1) is 0 Å². The second-order valence-corrected chi connectivity index (χ2v) is 5.53. The fourth-order valence-electron chi connectivity index (χ4n) is 2.61. The second-order valence-electron chi connectivity index (χ2n) is 5.53. The molecular formula is C15H27N5. The molecule has 0 amide bonds. The molecule has 0 spiro atoms. The molecule has 1 aromatic heterocycles. The lowest BCUT2D eigenvalue weighted by Gasteiger charge is -2.24. The summed E-state index contributed by atoms with van der Waals surface area (Å²) in [6.07, 6.45) is 4.66. The number of anilines is 2. The number of hydrogen-bond acceptors (Lipinski definition) is 5. The van der Waals surface area contributed by atoms with Gasteiger partial charge in [-0.3, -0.25) is 4.90 Å². The number of aryl methyl sites for hydroxylation is 1. The van der Waals surface area contributed by atoms with E-state index in [1.165, 1.54) is 25.9 Å². The third-order valence-corrected chi connectivity index (χ3v) is 3.84. The number of likely N-dealkylation sites (tertiary alicyclic amines) is 1. The van der Waals surface area contributed by atoms with Gasteiger partial charge in [0.2, 0.25) is 0 Å². The highest BCUT2D eigenvalue weighted by Gasteiger charge is 2.17. The summed E-state index contributed by atoms with van der Waals surface area (Å²) < 4.78 is 0. The van der Waals surface area contributed by atoms with E-state index in [-0.39, 0.29) is 0 Å². The van der Waals surface area contributed by atoms with Crippen LogP contribution in [0.15, 0.2) is 6.07 Å². The van der Waals surface area contributed by atoms with Crippen molar-refractivity contribution in [2.45, 2.75) is 45.6 Å². The van der Waals surface area contributed by atoms with Gasteiger partial charge in [0, 0.05) is 32.1 Å². The minimum Gasteiger partial charge on any atom is -0.373 e. The Labute approximate surface area is 122 Å². The van der Waals surface area contributed by atoms with Gasteiger partial charge in [0.05, 0.1) is 0 Å². The molecule has 2 N–H and O–H groups in total. The Bertz CT molecular complexity index is 415. The summed E-state index contributed by atoms with van der Waals surface area (Å²) in [6.45, 7) is 7.83. The fourth-order valence-corrected chi connectivity index (χ4v) is 2.61. The van der Waals surface area contributed by atoms with E-state index in [0.717, 1.165) is 36.8 Å². The molecule has 1 aromatic rings. The van der Waals surface area contributed by atoms with Gasteiger partial charge in [-0.2, -0.15) is 0 Å². The molecule has 0 saturated carbocycles. The van der Waals surface area contributed by atoms with Gasteiger partial charge in [0.15, 0.2) is 0 Å². The van der Waals surface area contributed by atoms with Gasteiger partial charge in [-0.1, -0.05) is 6.92 Å². The summed E-state index contributed by atoms with van der Waals surface area (Å²) in [7, 11) is 1.90. The van der Waals surface area contributed by atoms with E-state index in [2.05, 4.69) is 39.3 Å². The smallest absolute Gasteiger partial charge is 0.133 e. The molecule has 1 unspecified atom stereocenters. The first-order chi connectivity index (χ1) is 9.72. The number of hydrogen-bond donors (Lipinski definition) is 2. The quantitative estimate of drug-likeness (QED) is 0.801. The van der Waals surface area contributed by atoms with E-state index in [1.807, 2.05) is 13.1 Å². The SMILES string of the molecule is CCCc1nc(NC)cc(NCC(C)N2CCCC2)n1. The Hall–Kier alpha value is -1.36. The maximum atomic E-state index is 4.59. The van der Waals surface area contributed by atoms with Crippen LogP contribution in [0.2, 0.25) is 0 Å². The number of rotatable bonds is 7. The molecule has 0 aliphatic carbocycles. The lowest BCUT2D eigenvalue weighted by Crippen LogP contribution is -2.35. The van der Waals surface area contributed by atoms with Crippen molar-refractivity contribution in [2.75, 3.05) is 37.3 Å². The standard InChI is InChI=1S/C15H27N5/c1-4-7-13-18-14(16-3)10-15(19-13)17-11-12(2)20-8-5-6-9-20/h10,12H,4-9,11H2,1-3H3,(H2,16,17,18,19). The van der Waals surface area contributed by atoms with Gasteiger partial charge in [0.1, 0.15) is 17.5 Å². The van der Waals surface area contributed by atoms with Crippen molar-refractivity contribution in [3.63, 3.8) is 0 Å². The molecule has 0 aromatic carbocycles. The maximum Gasteiger partial charge on any atom is 0.133 e. The zero-order valence-electron chi connectivity index (χ0n) is 12.9. The predicted octanol–water partition coefficient (Wildman–Crippen LogP) is 2.37. The Kier molecular flexibility index (Phi) is 5.59. The normalized spacial score (nSPS) is 17.1. The average Bonchev–Trinajstić information content (AvgIpc) is 2.99. The van der Waals surface area contributed by atoms with Crippen LogP contribution >= 0.6 is 0 Å². The van der Waals surface area contributed by atoms with E-state index in [1.54, 1.807) is 0 Å². The van der Waals surface area contributed by atoms with Crippen molar-refractivity contribution in [3.05, 3.63) is 11.9 Å². The highest BCUT2D eigenvalue weighted by Crippen LogP contribution is 2.14. The van der Waals surface area contributed by atoms with Crippen LogP contribution < -0.4 is 10.6 Å². The maximum absolute atomic E-state index is 4.59. The monoisotopic (exact) mass is 277 g/mol. The van der Waals surface area contributed by atoms with Crippen LogP contribution in [-0.2, 0) is 6.42 Å². The molecule has 5 heteroatoms. The van der Waals surface area contributed by atoms with Crippen LogP contribution in [0.1, 0.15) is 38.9 Å². The van der Waals surface area contributed by atoms with Crippen LogP contribution in [0.3, 0.4) is 0 Å². The highest BCUT2D eigenvalue weighted by molar-refractivity contribution is 5.47. The molecule has 112 valence electrons. The van der Waals surface area contributed by atoms with Crippen LogP contribution in [0.4, 0.5) is 11.6 Å². The van der Waals surface area contributed by atoms with E-state index in [0.29, 0.717) is 6.04 Å². The summed E-state index contributed by atoms with van der Waals surface area (Å²) >= 11 is 0. The molecule has 2 heterocycles. The first kappa shape index (κ1) is 15.0. The average molecular weight is 277 g/mol. The van der Waals surface area contributed by atoms with Gasteiger partial charge in [-0.15, -0.1) is 0 Å². The lowest BCUT2D eigenvalue weighted by molar-refractivity contribution is 0.269. The lowest BCUT2D eigenvalue weighted by atomic mass is 10.3. The third-order valence-electron chi connectivity index (χ3n) is 3.84.